The van der Waals surface area contributed by atoms with Crippen LogP contribution in [0.15, 0.2) is 21.1 Å². The Balaban J connectivity index is 2.15. The molecule has 0 bridgehead atoms. The minimum absolute atomic E-state index is 0.141. The van der Waals surface area contributed by atoms with Crippen LogP contribution in [-0.2, 0) is 9.53 Å². The Kier molecular flexibility index (Phi) is 4.06. The highest BCUT2D eigenvalue weighted by Gasteiger charge is 2.24. The summed E-state index contributed by atoms with van der Waals surface area (Å²) >= 11 is 6.70. The largest absolute Gasteiger partial charge is 0.397 e. The number of nitrogens with one attached hydrogen (secondary N) is 1. The highest BCUT2D eigenvalue weighted by molar-refractivity contribution is 9.11. The summed E-state index contributed by atoms with van der Waals surface area (Å²) in [6, 6.07) is 3.58. The number of ether oxygens (including phenoxy) is 1. The highest BCUT2D eigenvalue weighted by atomic mass is 79.9. The molecular formula is C11H12Br2N2O2. The second kappa shape index (κ2) is 5.37. The van der Waals surface area contributed by atoms with E-state index in [0.717, 1.165) is 21.8 Å². The second-order valence-electron chi connectivity index (χ2n) is 3.84. The van der Waals surface area contributed by atoms with Gasteiger partial charge in [-0.2, -0.15) is 0 Å². The van der Waals surface area contributed by atoms with E-state index >= 15 is 0 Å². The van der Waals surface area contributed by atoms with Gasteiger partial charge in [0.05, 0.1) is 11.4 Å². The van der Waals surface area contributed by atoms with Crippen molar-refractivity contribution in [2.24, 2.45) is 0 Å². The number of rotatable bonds is 2. The maximum absolute atomic E-state index is 11.9. The Morgan fingerprint density at radius 1 is 1.47 bits per heavy atom. The first-order chi connectivity index (χ1) is 8.08. The van der Waals surface area contributed by atoms with Crippen molar-refractivity contribution in [3.63, 3.8) is 0 Å². The lowest BCUT2D eigenvalue weighted by atomic mass is 10.2. The van der Waals surface area contributed by atoms with Crippen LogP contribution in [0.3, 0.4) is 0 Å². The molecule has 1 aliphatic heterocycles. The molecule has 1 aromatic rings. The van der Waals surface area contributed by atoms with Gasteiger partial charge in [-0.3, -0.25) is 4.79 Å². The smallest absolute Gasteiger partial charge is 0.253 e. The maximum atomic E-state index is 11.9. The van der Waals surface area contributed by atoms with Crippen molar-refractivity contribution in [1.29, 1.82) is 0 Å². The second-order valence-corrected chi connectivity index (χ2v) is 5.61. The fourth-order valence-electron chi connectivity index (χ4n) is 1.71. The van der Waals surface area contributed by atoms with Crippen LogP contribution in [0.4, 0.5) is 11.4 Å². The summed E-state index contributed by atoms with van der Waals surface area (Å²) in [5.41, 5.74) is 6.96. The molecule has 0 aliphatic carbocycles. The first-order valence-corrected chi connectivity index (χ1v) is 6.83. The quantitative estimate of drug-likeness (QED) is 0.794. The summed E-state index contributed by atoms with van der Waals surface area (Å²) in [4.78, 5) is 11.9. The van der Waals surface area contributed by atoms with Crippen molar-refractivity contribution in [3.8, 4) is 0 Å². The molecule has 0 aromatic heterocycles. The van der Waals surface area contributed by atoms with E-state index in [1.807, 2.05) is 6.07 Å². The third-order valence-electron chi connectivity index (χ3n) is 2.56. The summed E-state index contributed by atoms with van der Waals surface area (Å²) < 4.78 is 6.92. The molecule has 1 aromatic carbocycles. The number of carbonyl (C=O) groups is 1. The zero-order valence-corrected chi connectivity index (χ0v) is 12.2. The van der Waals surface area contributed by atoms with Crippen molar-refractivity contribution in [1.82, 2.24) is 0 Å². The third-order valence-corrected chi connectivity index (χ3v) is 3.64. The van der Waals surface area contributed by atoms with Crippen molar-refractivity contribution >= 4 is 49.1 Å². The van der Waals surface area contributed by atoms with E-state index in [1.54, 1.807) is 6.07 Å². The van der Waals surface area contributed by atoms with Gasteiger partial charge in [0.25, 0.3) is 5.91 Å². The number of hydrogen-bond acceptors (Lipinski definition) is 3. The number of hydrogen-bond donors (Lipinski definition) is 2. The topological polar surface area (TPSA) is 64.3 Å². The molecule has 0 spiro atoms. The minimum Gasteiger partial charge on any atom is -0.397 e. The van der Waals surface area contributed by atoms with E-state index in [9.17, 15) is 4.79 Å². The average molecular weight is 364 g/mol. The number of nitrogen functional groups attached to an aromatic ring is 1. The van der Waals surface area contributed by atoms with Gasteiger partial charge in [0.2, 0.25) is 0 Å². The molecular weight excluding hydrogens is 352 g/mol. The van der Waals surface area contributed by atoms with Gasteiger partial charge in [-0.25, -0.2) is 0 Å². The molecule has 2 rings (SSSR count). The number of carbonyl (C=O) groups excluding carboxylic acids is 1. The zero-order valence-electron chi connectivity index (χ0n) is 9.00. The van der Waals surface area contributed by atoms with Crippen molar-refractivity contribution in [2.75, 3.05) is 17.7 Å². The molecule has 1 saturated heterocycles. The van der Waals surface area contributed by atoms with Crippen LogP contribution in [0.2, 0.25) is 0 Å². The standard InChI is InChI=1S/C11H12Br2N2O2/c12-6-4-7(13)10(8(14)5-6)15-11(16)9-2-1-3-17-9/h4-5,9H,1-3,14H2,(H,15,16). The van der Waals surface area contributed by atoms with Crippen LogP contribution in [0.1, 0.15) is 12.8 Å². The summed E-state index contributed by atoms with van der Waals surface area (Å²) in [5.74, 6) is -0.141. The normalized spacial score (nSPS) is 19.3. The molecule has 1 atom stereocenters. The first kappa shape index (κ1) is 12.9. The van der Waals surface area contributed by atoms with Gasteiger partial charge in [0.15, 0.2) is 0 Å². The molecule has 6 heteroatoms. The summed E-state index contributed by atoms with van der Waals surface area (Å²) in [5, 5.41) is 2.79. The molecule has 1 unspecified atom stereocenters. The summed E-state index contributed by atoms with van der Waals surface area (Å²) in [6.45, 7) is 0.648. The van der Waals surface area contributed by atoms with E-state index in [4.69, 9.17) is 10.5 Å². The fourth-order valence-corrected chi connectivity index (χ4v) is 3.07. The molecule has 0 saturated carbocycles. The van der Waals surface area contributed by atoms with Crippen LogP contribution in [0, 0.1) is 0 Å². The van der Waals surface area contributed by atoms with Crippen LogP contribution in [0.5, 0.6) is 0 Å². The van der Waals surface area contributed by atoms with Gasteiger partial charge in [-0.1, -0.05) is 15.9 Å². The molecule has 1 heterocycles. The molecule has 1 fully saturated rings. The molecule has 0 radical (unpaired) electrons. The lowest BCUT2D eigenvalue weighted by molar-refractivity contribution is -0.124. The van der Waals surface area contributed by atoms with E-state index in [2.05, 4.69) is 37.2 Å². The Hall–Kier alpha value is -0.590. The Morgan fingerprint density at radius 3 is 2.82 bits per heavy atom. The molecule has 17 heavy (non-hydrogen) atoms. The van der Waals surface area contributed by atoms with Crippen molar-refractivity contribution in [3.05, 3.63) is 21.1 Å². The molecule has 1 aliphatic rings. The number of amides is 1. The SMILES string of the molecule is Nc1cc(Br)cc(Br)c1NC(=O)C1CCCO1. The van der Waals surface area contributed by atoms with Gasteiger partial charge >= 0.3 is 0 Å². The van der Waals surface area contributed by atoms with Crippen LogP contribution in [0.25, 0.3) is 0 Å². The molecule has 3 N–H and O–H groups in total. The average Bonchev–Trinajstić information content (AvgIpc) is 2.76. The summed E-state index contributed by atoms with van der Waals surface area (Å²) in [7, 11) is 0. The van der Waals surface area contributed by atoms with Crippen molar-refractivity contribution in [2.45, 2.75) is 18.9 Å². The van der Waals surface area contributed by atoms with Crippen LogP contribution >= 0.6 is 31.9 Å². The predicted molar refractivity (Wildman–Crippen MR) is 73.9 cm³/mol. The number of benzene rings is 1. The molecule has 1 amide bonds. The number of anilines is 2. The predicted octanol–water partition coefficient (Wildman–Crippen LogP) is 2.91. The molecule has 92 valence electrons. The van der Waals surface area contributed by atoms with Gasteiger partial charge < -0.3 is 15.8 Å². The Morgan fingerprint density at radius 2 is 2.24 bits per heavy atom. The minimum atomic E-state index is -0.357. The lowest BCUT2D eigenvalue weighted by Gasteiger charge is -2.14. The van der Waals surface area contributed by atoms with Gasteiger partial charge in [-0.15, -0.1) is 0 Å². The Labute approximate surface area is 116 Å². The first-order valence-electron chi connectivity index (χ1n) is 5.25. The van der Waals surface area contributed by atoms with Gasteiger partial charge in [0.1, 0.15) is 6.10 Å². The zero-order chi connectivity index (χ0) is 12.4. The number of halogens is 2. The van der Waals surface area contributed by atoms with Crippen LogP contribution in [-0.4, -0.2) is 18.6 Å². The summed E-state index contributed by atoms with van der Waals surface area (Å²) in [6.07, 6.45) is 1.33. The van der Waals surface area contributed by atoms with Gasteiger partial charge in [0, 0.05) is 15.6 Å². The highest BCUT2D eigenvalue weighted by Crippen LogP contribution is 2.33. The van der Waals surface area contributed by atoms with Gasteiger partial charge in [-0.05, 0) is 40.9 Å². The van der Waals surface area contributed by atoms with Crippen molar-refractivity contribution < 1.29 is 9.53 Å². The monoisotopic (exact) mass is 362 g/mol. The van der Waals surface area contributed by atoms with Crippen LogP contribution < -0.4 is 11.1 Å². The number of nitrogens with two attached hydrogens (primary N) is 1. The van der Waals surface area contributed by atoms with E-state index < -0.39 is 0 Å². The van der Waals surface area contributed by atoms with E-state index in [1.165, 1.54) is 0 Å². The fraction of sp³-hybridized carbons (Fsp3) is 0.364. The van der Waals surface area contributed by atoms with E-state index in [-0.39, 0.29) is 12.0 Å². The van der Waals surface area contributed by atoms with E-state index in [0.29, 0.717) is 18.0 Å². The maximum Gasteiger partial charge on any atom is 0.253 e. The lowest BCUT2D eigenvalue weighted by Crippen LogP contribution is -2.27. The third kappa shape index (κ3) is 3.00. The Bertz CT molecular complexity index is 422. The molecule has 4 nitrogen and oxygen atoms in total.